The van der Waals surface area contributed by atoms with Gasteiger partial charge in [-0.15, -0.1) is 0 Å². The molecule has 0 aliphatic heterocycles. The van der Waals surface area contributed by atoms with Crippen molar-refractivity contribution in [2.75, 3.05) is 11.4 Å². The minimum absolute atomic E-state index is 0.239. The molecule has 1 atom stereocenters. The molecule has 0 heterocycles. The molecule has 1 unspecified atom stereocenters. The number of benzene rings is 2. The first-order chi connectivity index (χ1) is 14.5. The van der Waals surface area contributed by atoms with E-state index < -0.39 is 23.1 Å². The summed E-state index contributed by atoms with van der Waals surface area (Å²) in [4.78, 5) is 14.6. The van der Waals surface area contributed by atoms with Gasteiger partial charge in [-0.25, -0.2) is 13.2 Å². The van der Waals surface area contributed by atoms with Crippen molar-refractivity contribution in [3.8, 4) is 0 Å². The molecule has 0 radical (unpaired) electrons. The fourth-order valence-electron chi connectivity index (χ4n) is 4.30. The number of unbranched alkanes of at least 4 members (excludes halogenated alkanes) is 5. The lowest BCUT2D eigenvalue weighted by atomic mass is 9.83. The summed E-state index contributed by atoms with van der Waals surface area (Å²) < 4.78 is 42.5. The second-order valence-corrected chi connectivity index (χ2v) is 8.18. The molecule has 5 heteroatoms. The Balaban J connectivity index is 1.78. The monoisotopic (exact) mass is 417 g/mol. The van der Waals surface area contributed by atoms with E-state index in [0.29, 0.717) is 31.4 Å². The van der Waals surface area contributed by atoms with Gasteiger partial charge in [0.1, 0.15) is 11.5 Å². The highest BCUT2D eigenvalue weighted by atomic mass is 19.1. The predicted octanol–water partition coefficient (Wildman–Crippen LogP) is 6.60. The lowest BCUT2D eigenvalue weighted by Gasteiger charge is -2.31. The normalized spacial score (nSPS) is 15.7. The van der Waals surface area contributed by atoms with Gasteiger partial charge in [-0.2, -0.15) is 0 Å². The minimum Gasteiger partial charge on any atom is -0.307 e. The van der Waals surface area contributed by atoms with Gasteiger partial charge in [0.25, 0.3) is 0 Å². The molecule has 2 nitrogen and oxygen atoms in total. The highest BCUT2D eigenvalue weighted by molar-refractivity contribution is 5.95. The summed E-state index contributed by atoms with van der Waals surface area (Å²) in [5, 5.41) is 0. The number of hydrogen-bond acceptors (Lipinski definition) is 1. The predicted molar refractivity (Wildman–Crippen MR) is 114 cm³/mol. The van der Waals surface area contributed by atoms with E-state index in [2.05, 4.69) is 13.0 Å². The average molecular weight is 418 g/mol. The average Bonchev–Trinajstić information content (AvgIpc) is 2.73. The third kappa shape index (κ3) is 5.44. The maximum absolute atomic E-state index is 14.5. The van der Waals surface area contributed by atoms with Gasteiger partial charge < -0.3 is 4.90 Å². The lowest BCUT2D eigenvalue weighted by molar-refractivity contribution is -0.122. The SMILES string of the molecule is CCCCCCCCN(C(=O)C1CCc2ccccc2C1)c1c(F)cc(F)cc1F. The maximum atomic E-state index is 14.5. The van der Waals surface area contributed by atoms with E-state index in [-0.39, 0.29) is 18.4 Å². The molecule has 0 fully saturated rings. The van der Waals surface area contributed by atoms with Gasteiger partial charge >= 0.3 is 0 Å². The Kier molecular flexibility index (Phi) is 7.94. The van der Waals surface area contributed by atoms with Gasteiger partial charge in [-0.05, 0) is 36.8 Å². The first kappa shape index (κ1) is 22.4. The van der Waals surface area contributed by atoms with Crippen LogP contribution in [-0.2, 0) is 17.6 Å². The van der Waals surface area contributed by atoms with Crippen molar-refractivity contribution in [1.82, 2.24) is 0 Å². The van der Waals surface area contributed by atoms with E-state index in [9.17, 15) is 18.0 Å². The largest absolute Gasteiger partial charge is 0.307 e. The number of fused-ring (bicyclic) bond motifs is 1. The van der Waals surface area contributed by atoms with Crippen LogP contribution in [0.5, 0.6) is 0 Å². The van der Waals surface area contributed by atoms with E-state index >= 15 is 0 Å². The van der Waals surface area contributed by atoms with Crippen molar-refractivity contribution in [2.45, 2.75) is 64.7 Å². The van der Waals surface area contributed by atoms with Crippen molar-refractivity contribution in [3.05, 3.63) is 65.0 Å². The number of rotatable bonds is 9. The molecule has 162 valence electrons. The third-order valence-electron chi connectivity index (χ3n) is 5.95. The highest BCUT2D eigenvalue weighted by Crippen LogP contribution is 2.31. The van der Waals surface area contributed by atoms with Crippen LogP contribution in [0.1, 0.15) is 63.0 Å². The molecule has 0 N–H and O–H groups in total. The zero-order valence-electron chi connectivity index (χ0n) is 17.6. The minimum atomic E-state index is -1.02. The molecular formula is C25H30F3NO. The van der Waals surface area contributed by atoms with Gasteiger partial charge in [0.15, 0.2) is 11.6 Å². The van der Waals surface area contributed by atoms with Crippen LogP contribution < -0.4 is 4.90 Å². The van der Waals surface area contributed by atoms with E-state index in [1.54, 1.807) is 0 Å². The molecular weight excluding hydrogens is 387 g/mol. The standard InChI is InChI=1S/C25H30F3NO/c1-2-3-4-5-6-9-14-29(24-22(27)16-21(26)17-23(24)28)25(30)20-13-12-18-10-7-8-11-19(18)15-20/h7-8,10-11,16-17,20H,2-6,9,12-15H2,1H3. The van der Waals surface area contributed by atoms with Crippen molar-refractivity contribution < 1.29 is 18.0 Å². The molecule has 0 aromatic heterocycles. The number of amides is 1. The van der Waals surface area contributed by atoms with Crippen LogP contribution >= 0.6 is 0 Å². The summed E-state index contributed by atoms with van der Waals surface area (Å²) in [6.07, 6.45) is 7.97. The van der Waals surface area contributed by atoms with Crippen LogP contribution in [0.2, 0.25) is 0 Å². The van der Waals surface area contributed by atoms with Crippen molar-refractivity contribution >= 4 is 11.6 Å². The van der Waals surface area contributed by atoms with E-state index in [1.807, 2.05) is 18.2 Å². The highest BCUT2D eigenvalue weighted by Gasteiger charge is 2.31. The summed E-state index contributed by atoms with van der Waals surface area (Å²) in [7, 11) is 0. The van der Waals surface area contributed by atoms with Gasteiger partial charge in [0.05, 0.1) is 0 Å². The quantitative estimate of drug-likeness (QED) is 0.421. The van der Waals surface area contributed by atoms with Gasteiger partial charge in [0, 0.05) is 24.6 Å². The van der Waals surface area contributed by atoms with E-state index in [1.165, 1.54) is 10.5 Å². The first-order valence-electron chi connectivity index (χ1n) is 11.0. The maximum Gasteiger partial charge on any atom is 0.230 e. The Labute approximate surface area is 177 Å². The Morgan fingerprint density at radius 1 is 0.967 bits per heavy atom. The summed E-state index contributed by atoms with van der Waals surface area (Å²) in [5.41, 5.74) is 1.92. The summed E-state index contributed by atoms with van der Waals surface area (Å²) >= 11 is 0. The first-order valence-corrected chi connectivity index (χ1v) is 11.0. The Hall–Kier alpha value is -2.30. The topological polar surface area (TPSA) is 20.3 Å². The molecule has 1 amide bonds. The summed E-state index contributed by atoms with van der Waals surface area (Å²) in [6, 6.07) is 9.29. The molecule has 2 aromatic rings. The van der Waals surface area contributed by atoms with Crippen LogP contribution in [0.3, 0.4) is 0 Å². The number of halogens is 3. The number of carbonyl (C=O) groups is 1. The summed E-state index contributed by atoms with van der Waals surface area (Å²) in [5.74, 6) is -3.63. The number of anilines is 1. The molecule has 1 aliphatic carbocycles. The second-order valence-electron chi connectivity index (χ2n) is 8.18. The van der Waals surface area contributed by atoms with Crippen molar-refractivity contribution in [3.63, 3.8) is 0 Å². The van der Waals surface area contributed by atoms with Crippen LogP contribution in [0, 0.1) is 23.4 Å². The Morgan fingerprint density at radius 3 is 2.30 bits per heavy atom. The zero-order valence-corrected chi connectivity index (χ0v) is 17.6. The van der Waals surface area contributed by atoms with Crippen molar-refractivity contribution in [2.24, 2.45) is 5.92 Å². The summed E-state index contributed by atoms with van der Waals surface area (Å²) in [6.45, 7) is 2.38. The van der Waals surface area contributed by atoms with Gasteiger partial charge in [0.2, 0.25) is 5.91 Å². The Bertz CT molecular complexity index is 844. The molecule has 0 saturated heterocycles. The Morgan fingerprint density at radius 2 is 1.60 bits per heavy atom. The molecule has 3 rings (SSSR count). The van der Waals surface area contributed by atoms with E-state index in [4.69, 9.17) is 0 Å². The smallest absolute Gasteiger partial charge is 0.230 e. The third-order valence-corrected chi connectivity index (χ3v) is 5.95. The second kappa shape index (κ2) is 10.6. The number of nitrogens with zero attached hydrogens (tertiary/aromatic N) is 1. The van der Waals surface area contributed by atoms with Crippen LogP contribution in [0.4, 0.5) is 18.9 Å². The van der Waals surface area contributed by atoms with Gasteiger partial charge in [-0.1, -0.05) is 63.3 Å². The lowest BCUT2D eigenvalue weighted by Crippen LogP contribution is -2.40. The fourth-order valence-corrected chi connectivity index (χ4v) is 4.30. The molecule has 0 spiro atoms. The van der Waals surface area contributed by atoms with Crippen LogP contribution in [-0.4, -0.2) is 12.5 Å². The van der Waals surface area contributed by atoms with Crippen LogP contribution in [0.15, 0.2) is 36.4 Å². The van der Waals surface area contributed by atoms with Crippen LogP contribution in [0.25, 0.3) is 0 Å². The molecule has 30 heavy (non-hydrogen) atoms. The van der Waals surface area contributed by atoms with Crippen molar-refractivity contribution in [1.29, 1.82) is 0 Å². The number of aryl methyl sites for hydroxylation is 1. The molecule has 0 saturated carbocycles. The fraction of sp³-hybridized carbons (Fsp3) is 0.480. The zero-order chi connectivity index (χ0) is 21.5. The number of hydrogen-bond donors (Lipinski definition) is 0. The molecule has 1 aliphatic rings. The number of carbonyl (C=O) groups excluding carboxylic acids is 1. The molecule has 0 bridgehead atoms. The molecule has 2 aromatic carbocycles. The van der Waals surface area contributed by atoms with E-state index in [0.717, 1.165) is 44.1 Å². The van der Waals surface area contributed by atoms with Gasteiger partial charge in [-0.3, -0.25) is 4.79 Å².